The average Bonchev–Trinajstić information content (AvgIpc) is 2.55. The minimum absolute atomic E-state index is 0.0178. The zero-order valence-corrected chi connectivity index (χ0v) is 11.7. The molecule has 0 saturated heterocycles. The highest BCUT2D eigenvalue weighted by atomic mass is 19.4. The van der Waals surface area contributed by atoms with Gasteiger partial charge in [-0.2, -0.15) is 18.4 Å². The Hall–Kier alpha value is -3.41. The fourth-order valence-electron chi connectivity index (χ4n) is 2.20. The summed E-state index contributed by atoms with van der Waals surface area (Å²) in [6.07, 6.45) is -3.40. The van der Waals surface area contributed by atoms with E-state index in [1.54, 1.807) is 12.1 Å². The van der Waals surface area contributed by atoms with Crippen LogP contribution in [0.4, 0.5) is 13.2 Å². The van der Waals surface area contributed by atoms with Gasteiger partial charge in [0.25, 0.3) is 5.56 Å². The molecule has 0 aliphatic heterocycles. The summed E-state index contributed by atoms with van der Waals surface area (Å²) in [5.74, 6) is -0.735. The number of aromatic nitrogens is 3. The van der Waals surface area contributed by atoms with Crippen LogP contribution in [0, 0.1) is 11.3 Å². The van der Waals surface area contributed by atoms with Crippen LogP contribution < -0.4 is 5.56 Å². The molecular weight excluding hydrogens is 325 g/mol. The van der Waals surface area contributed by atoms with Crippen LogP contribution in [0.2, 0.25) is 0 Å². The number of halogens is 3. The first-order valence-electron chi connectivity index (χ1n) is 6.52. The fourth-order valence-corrected chi connectivity index (χ4v) is 2.20. The first kappa shape index (κ1) is 15.5. The maximum absolute atomic E-state index is 12.9. The molecule has 1 N–H and O–H groups in total. The van der Waals surface area contributed by atoms with E-state index >= 15 is 0 Å². The summed E-state index contributed by atoms with van der Waals surface area (Å²) in [4.78, 5) is 19.8. The molecule has 0 aliphatic rings. The number of nitriles is 1. The summed E-state index contributed by atoms with van der Waals surface area (Å²) in [7, 11) is 0. The first-order chi connectivity index (χ1) is 11.3. The second kappa shape index (κ2) is 5.34. The molecule has 0 spiro atoms. The summed E-state index contributed by atoms with van der Waals surface area (Å²) in [5, 5.41) is 18.9. The molecule has 3 aromatic rings. The Balaban J connectivity index is 2.52. The lowest BCUT2D eigenvalue weighted by Gasteiger charge is -2.13. The third-order valence-electron chi connectivity index (χ3n) is 3.28. The highest BCUT2D eigenvalue weighted by Crippen LogP contribution is 2.32. The van der Waals surface area contributed by atoms with Crippen LogP contribution in [0.1, 0.15) is 11.3 Å². The van der Waals surface area contributed by atoms with E-state index in [4.69, 9.17) is 5.26 Å². The quantitative estimate of drug-likeness (QED) is 0.739. The number of pyridine rings is 3. The van der Waals surface area contributed by atoms with Crippen molar-refractivity contribution in [3.8, 4) is 17.6 Å². The Morgan fingerprint density at radius 1 is 1.21 bits per heavy atom. The highest BCUT2D eigenvalue weighted by Gasteiger charge is 2.33. The molecule has 0 radical (unpaired) electrons. The normalized spacial score (nSPS) is 11.4. The van der Waals surface area contributed by atoms with E-state index in [0.29, 0.717) is 6.07 Å². The van der Waals surface area contributed by atoms with E-state index in [-0.39, 0.29) is 11.2 Å². The first-order valence-corrected chi connectivity index (χ1v) is 6.52. The summed E-state index contributed by atoms with van der Waals surface area (Å²) >= 11 is 0. The largest absolute Gasteiger partial charge is 0.506 e. The van der Waals surface area contributed by atoms with Crippen molar-refractivity contribution in [1.29, 1.82) is 5.26 Å². The number of aromatic hydroxyl groups is 1. The molecule has 0 aliphatic carbocycles. The molecule has 3 heterocycles. The monoisotopic (exact) mass is 332 g/mol. The van der Waals surface area contributed by atoms with Crippen LogP contribution in [0.25, 0.3) is 16.9 Å². The van der Waals surface area contributed by atoms with Crippen molar-refractivity contribution in [2.24, 2.45) is 0 Å². The van der Waals surface area contributed by atoms with Gasteiger partial charge in [0, 0.05) is 6.20 Å². The van der Waals surface area contributed by atoms with Crippen LogP contribution in [-0.2, 0) is 6.18 Å². The van der Waals surface area contributed by atoms with E-state index in [1.165, 1.54) is 18.3 Å². The maximum Gasteiger partial charge on any atom is 0.433 e. The zero-order valence-electron chi connectivity index (χ0n) is 11.7. The van der Waals surface area contributed by atoms with Gasteiger partial charge in [-0.3, -0.25) is 4.79 Å². The van der Waals surface area contributed by atoms with Gasteiger partial charge in [0.05, 0.1) is 5.39 Å². The lowest BCUT2D eigenvalue weighted by Crippen LogP contribution is -2.24. The average molecular weight is 332 g/mol. The van der Waals surface area contributed by atoms with Gasteiger partial charge < -0.3 is 5.11 Å². The molecule has 0 unspecified atom stereocenters. The van der Waals surface area contributed by atoms with Crippen molar-refractivity contribution in [1.82, 2.24) is 14.5 Å². The molecular formula is C15H7F3N4O2. The molecule has 0 saturated carbocycles. The molecule has 0 bridgehead atoms. The van der Waals surface area contributed by atoms with Gasteiger partial charge in [-0.05, 0) is 24.3 Å². The second-order valence-electron chi connectivity index (χ2n) is 4.73. The molecule has 24 heavy (non-hydrogen) atoms. The van der Waals surface area contributed by atoms with Gasteiger partial charge in [0.15, 0.2) is 11.2 Å². The lowest BCUT2D eigenvalue weighted by molar-refractivity contribution is -0.141. The van der Waals surface area contributed by atoms with E-state index < -0.39 is 34.4 Å². The van der Waals surface area contributed by atoms with E-state index in [9.17, 15) is 23.1 Å². The zero-order chi connectivity index (χ0) is 17.5. The van der Waals surface area contributed by atoms with Crippen molar-refractivity contribution in [2.45, 2.75) is 6.18 Å². The topological polar surface area (TPSA) is 91.8 Å². The van der Waals surface area contributed by atoms with Gasteiger partial charge in [0.1, 0.15) is 23.3 Å². The van der Waals surface area contributed by atoms with Gasteiger partial charge in [-0.25, -0.2) is 14.5 Å². The molecule has 9 heteroatoms. The fraction of sp³-hybridized carbons (Fsp3) is 0.0667. The summed E-state index contributed by atoms with van der Waals surface area (Å²) in [6.45, 7) is 0. The van der Waals surface area contributed by atoms with Crippen molar-refractivity contribution in [2.75, 3.05) is 0 Å². The van der Waals surface area contributed by atoms with Crippen LogP contribution in [0.3, 0.4) is 0 Å². The maximum atomic E-state index is 12.9. The third-order valence-corrected chi connectivity index (χ3v) is 3.28. The van der Waals surface area contributed by atoms with E-state index in [0.717, 1.165) is 10.6 Å². The third kappa shape index (κ3) is 2.34. The van der Waals surface area contributed by atoms with Crippen LogP contribution >= 0.6 is 0 Å². The predicted molar refractivity (Wildman–Crippen MR) is 76.5 cm³/mol. The lowest BCUT2D eigenvalue weighted by atomic mass is 10.1. The van der Waals surface area contributed by atoms with Gasteiger partial charge in [0.2, 0.25) is 0 Å². The van der Waals surface area contributed by atoms with Gasteiger partial charge in [-0.1, -0.05) is 6.07 Å². The summed E-state index contributed by atoms with van der Waals surface area (Å²) < 4.78 is 39.5. The molecule has 0 amide bonds. The minimum atomic E-state index is -4.73. The standard InChI is InChI=1S/C15H7F3N4O2/c16-15(17,18)10-5-4-8-12(23)9(7-19)14(24)22(13(8)21-10)11-3-1-2-6-20-11/h1-6,23H. The number of hydrogen-bond acceptors (Lipinski definition) is 5. The summed E-state index contributed by atoms with van der Waals surface area (Å²) in [6, 6.07) is 7.62. The Bertz CT molecular complexity index is 1040. The minimum Gasteiger partial charge on any atom is -0.506 e. The number of fused-ring (bicyclic) bond motifs is 1. The summed E-state index contributed by atoms with van der Waals surface area (Å²) in [5.41, 5.74) is -3.28. The Labute approximate surface area is 132 Å². The van der Waals surface area contributed by atoms with Crippen molar-refractivity contribution in [3.05, 3.63) is 58.1 Å². The molecule has 3 aromatic heterocycles. The number of nitrogens with zero attached hydrogens (tertiary/aromatic N) is 4. The predicted octanol–water partition coefficient (Wildman–Crippen LogP) is 2.38. The van der Waals surface area contributed by atoms with Gasteiger partial charge in [-0.15, -0.1) is 0 Å². The Kier molecular flexibility index (Phi) is 3.45. The molecule has 0 fully saturated rings. The SMILES string of the molecule is N#Cc1c(O)c2ccc(C(F)(F)F)nc2n(-c2ccccn2)c1=O. The number of rotatable bonds is 1. The van der Waals surface area contributed by atoms with E-state index in [2.05, 4.69) is 9.97 Å². The van der Waals surface area contributed by atoms with E-state index in [1.807, 2.05) is 0 Å². The second-order valence-corrected chi connectivity index (χ2v) is 4.73. The molecule has 6 nitrogen and oxygen atoms in total. The molecule has 120 valence electrons. The molecule has 0 atom stereocenters. The van der Waals surface area contributed by atoms with Crippen molar-refractivity contribution >= 4 is 11.0 Å². The van der Waals surface area contributed by atoms with Crippen LogP contribution in [-0.4, -0.2) is 19.6 Å². The van der Waals surface area contributed by atoms with Crippen molar-refractivity contribution < 1.29 is 18.3 Å². The van der Waals surface area contributed by atoms with Crippen LogP contribution in [0.15, 0.2) is 41.3 Å². The molecule has 3 rings (SSSR count). The van der Waals surface area contributed by atoms with Crippen molar-refractivity contribution in [3.63, 3.8) is 0 Å². The Morgan fingerprint density at radius 2 is 1.96 bits per heavy atom. The van der Waals surface area contributed by atoms with Crippen LogP contribution in [0.5, 0.6) is 5.75 Å². The van der Waals surface area contributed by atoms with Gasteiger partial charge >= 0.3 is 6.18 Å². The smallest absolute Gasteiger partial charge is 0.433 e. The highest BCUT2D eigenvalue weighted by molar-refractivity contribution is 5.85. The number of hydrogen-bond donors (Lipinski definition) is 1. The number of alkyl halides is 3. The molecule has 0 aromatic carbocycles. The Morgan fingerprint density at radius 3 is 2.54 bits per heavy atom.